The number of rotatable bonds is 1. The van der Waals surface area contributed by atoms with Crippen LogP contribution in [0.3, 0.4) is 0 Å². The van der Waals surface area contributed by atoms with Crippen LogP contribution in [0.15, 0.2) is 97.1 Å². The highest BCUT2D eigenvalue weighted by molar-refractivity contribution is 6.12. The minimum absolute atomic E-state index is 1.27. The van der Waals surface area contributed by atoms with Crippen molar-refractivity contribution in [1.82, 2.24) is 0 Å². The first-order chi connectivity index (χ1) is 11.9. The fourth-order valence-electron chi connectivity index (χ4n) is 3.65. The van der Waals surface area contributed by atoms with Crippen LogP contribution in [0.25, 0.3) is 43.4 Å². The van der Waals surface area contributed by atoms with Crippen LogP contribution >= 0.6 is 0 Å². The van der Waals surface area contributed by atoms with Crippen LogP contribution in [0.1, 0.15) is 0 Å². The Morgan fingerprint density at radius 2 is 1.08 bits per heavy atom. The molecule has 0 aliphatic heterocycles. The zero-order valence-electron chi connectivity index (χ0n) is 13.2. The first-order valence-electron chi connectivity index (χ1n) is 8.30. The van der Waals surface area contributed by atoms with Crippen LogP contribution < -0.4 is 0 Å². The summed E-state index contributed by atoms with van der Waals surface area (Å²) in [5, 5.41) is 7.81. The molecule has 0 saturated carbocycles. The highest BCUT2D eigenvalue weighted by Crippen LogP contribution is 2.34. The zero-order valence-corrected chi connectivity index (χ0v) is 13.2. The van der Waals surface area contributed by atoms with E-state index in [2.05, 4.69) is 97.1 Å². The Hall–Kier alpha value is -3.12. The van der Waals surface area contributed by atoms with Crippen molar-refractivity contribution in [3.8, 4) is 11.1 Å². The molecule has 0 N–H and O–H groups in total. The molecular weight excluding hydrogens is 288 g/mol. The number of hydrogen-bond donors (Lipinski definition) is 0. The van der Waals surface area contributed by atoms with Gasteiger partial charge < -0.3 is 0 Å². The molecule has 0 spiro atoms. The molecule has 0 aliphatic rings. The van der Waals surface area contributed by atoms with Gasteiger partial charge >= 0.3 is 0 Å². The second-order valence-electron chi connectivity index (χ2n) is 6.25. The van der Waals surface area contributed by atoms with E-state index >= 15 is 0 Å². The summed E-state index contributed by atoms with van der Waals surface area (Å²) < 4.78 is 0. The van der Waals surface area contributed by atoms with Gasteiger partial charge in [0.05, 0.1) is 0 Å². The van der Waals surface area contributed by atoms with Gasteiger partial charge in [-0.15, -0.1) is 0 Å². The van der Waals surface area contributed by atoms with Crippen molar-refractivity contribution in [2.24, 2.45) is 0 Å². The standard InChI is InChI=1S/C24H16/c1-2-8-19-16-20(13-12-17(19)6-1)22-10-5-11-23-21-9-4-3-7-18(21)14-15-24(22)23/h1-16H. The van der Waals surface area contributed by atoms with Crippen LogP contribution in [-0.4, -0.2) is 0 Å². The summed E-state index contributed by atoms with van der Waals surface area (Å²) in [4.78, 5) is 0. The van der Waals surface area contributed by atoms with Gasteiger partial charge in [0.1, 0.15) is 0 Å². The molecule has 0 fully saturated rings. The highest BCUT2D eigenvalue weighted by Gasteiger charge is 2.07. The summed E-state index contributed by atoms with van der Waals surface area (Å²) in [5.41, 5.74) is 2.57. The normalized spacial score (nSPS) is 11.3. The number of fused-ring (bicyclic) bond motifs is 4. The zero-order chi connectivity index (χ0) is 15.9. The minimum Gasteiger partial charge on any atom is -0.0616 e. The predicted octanol–water partition coefficient (Wildman–Crippen LogP) is 6.81. The second-order valence-corrected chi connectivity index (χ2v) is 6.25. The van der Waals surface area contributed by atoms with E-state index in [-0.39, 0.29) is 0 Å². The third kappa shape index (κ3) is 2.00. The summed E-state index contributed by atoms with van der Waals surface area (Å²) >= 11 is 0. The SMILES string of the molecule is c1ccc2cc(-c3cccc4c3ccc3ccccc34)ccc2c1. The molecule has 5 aromatic carbocycles. The average Bonchev–Trinajstić information content (AvgIpc) is 2.67. The summed E-state index contributed by atoms with van der Waals surface area (Å²) in [6.07, 6.45) is 0. The Morgan fingerprint density at radius 1 is 0.375 bits per heavy atom. The van der Waals surface area contributed by atoms with E-state index in [0.29, 0.717) is 0 Å². The van der Waals surface area contributed by atoms with Crippen molar-refractivity contribution >= 4 is 32.3 Å². The van der Waals surface area contributed by atoms with Crippen LogP contribution in [0, 0.1) is 0 Å². The first kappa shape index (κ1) is 13.3. The van der Waals surface area contributed by atoms with Crippen molar-refractivity contribution in [2.45, 2.75) is 0 Å². The molecule has 5 rings (SSSR count). The third-order valence-corrected chi connectivity index (χ3v) is 4.85. The maximum Gasteiger partial charge on any atom is -0.00990 e. The maximum absolute atomic E-state index is 2.29. The van der Waals surface area contributed by atoms with Gasteiger partial charge in [0.15, 0.2) is 0 Å². The van der Waals surface area contributed by atoms with Gasteiger partial charge in [0.25, 0.3) is 0 Å². The van der Waals surface area contributed by atoms with Crippen molar-refractivity contribution in [2.75, 3.05) is 0 Å². The van der Waals surface area contributed by atoms with Crippen molar-refractivity contribution < 1.29 is 0 Å². The molecule has 24 heavy (non-hydrogen) atoms. The van der Waals surface area contributed by atoms with Crippen molar-refractivity contribution in [3.63, 3.8) is 0 Å². The smallest absolute Gasteiger partial charge is 0.00990 e. The van der Waals surface area contributed by atoms with Crippen LogP contribution in [0.2, 0.25) is 0 Å². The van der Waals surface area contributed by atoms with E-state index in [1.807, 2.05) is 0 Å². The topological polar surface area (TPSA) is 0 Å². The van der Waals surface area contributed by atoms with Gasteiger partial charge in [0, 0.05) is 0 Å². The lowest BCUT2D eigenvalue weighted by atomic mass is 9.94. The lowest BCUT2D eigenvalue weighted by Gasteiger charge is -2.10. The molecule has 0 unspecified atom stereocenters. The van der Waals surface area contributed by atoms with Crippen LogP contribution in [-0.2, 0) is 0 Å². The Labute approximate surface area is 141 Å². The van der Waals surface area contributed by atoms with E-state index in [9.17, 15) is 0 Å². The van der Waals surface area contributed by atoms with Gasteiger partial charge in [-0.1, -0.05) is 91.0 Å². The van der Waals surface area contributed by atoms with E-state index in [1.165, 1.54) is 43.4 Å². The van der Waals surface area contributed by atoms with Gasteiger partial charge in [-0.2, -0.15) is 0 Å². The summed E-state index contributed by atoms with van der Waals surface area (Å²) in [7, 11) is 0. The Morgan fingerprint density at radius 3 is 2.00 bits per heavy atom. The number of hydrogen-bond acceptors (Lipinski definition) is 0. The largest absolute Gasteiger partial charge is 0.0616 e. The van der Waals surface area contributed by atoms with Crippen LogP contribution in [0.4, 0.5) is 0 Å². The van der Waals surface area contributed by atoms with Crippen molar-refractivity contribution in [1.29, 1.82) is 0 Å². The van der Waals surface area contributed by atoms with Gasteiger partial charge in [0.2, 0.25) is 0 Å². The Kier molecular flexibility index (Phi) is 2.89. The summed E-state index contributed by atoms with van der Waals surface area (Å²) in [5.74, 6) is 0. The lowest BCUT2D eigenvalue weighted by Crippen LogP contribution is -1.84. The molecule has 112 valence electrons. The lowest BCUT2D eigenvalue weighted by molar-refractivity contribution is 1.69. The molecule has 0 aromatic heterocycles. The Bertz CT molecular complexity index is 1200. The monoisotopic (exact) mass is 304 g/mol. The predicted molar refractivity (Wildman–Crippen MR) is 104 cm³/mol. The van der Waals surface area contributed by atoms with E-state index in [1.54, 1.807) is 0 Å². The first-order valence-corrected chi connectivity index (χ1v) is 8.30. The highest BCUT2D eigenvalue weighted by atomic mass is 14.1. The van der Waals surface area contributed by atoms with E-state index in [0.717, 1.165) is 0 Å². The molecule has 0 amide bonds. The van der Waals surface area contributed by atoms with E-state index in [4.69, 9.17) is 0 Å². The molecule has 0 radical (unpaired) electrons. The number of benzene rings is 5. The molecule has 0 heterocycles. The molecule has 0 atom stereocenters. The Balaban J connectivity index is 1.83. The third-order valence-electron chi connectivity index (χ3n) is 4.85. The van der Waals surface area contributed by atoms with Gasteiger partial charge in [-0.25, -0.2) is 0 Å². The van der Waals surface area contributed by atoms with Crippen molar-refractivity contribution in [3.05, 3.63) is 97.1 Å². The quantitative estimate of drug-likeness (QED) is 0.298. The van der Waals surface area contributed by atoms with E-state index < -0.39 is 0 Å². The molecular formula is C24H16. The average molecular weight is 304 g/mol. The molecule has 0 nitrogen and oxygen atoms in total. The van der Waals surface area contributed by atoms with Gasteiger partial charge in [-0.05, 0) is 49.5 Å². The van der Waals surface area contributed by atoms with Crippen LogP contribution in [0.5, 0.6) is 0 Å². The molecule has 5 aromatic rings. The summed E-state index contributed by atoms with van der Waals surface area (Å²) in [6.45, 7) is 0. The molecule has 0 bridgehead atoms. The minimum atomic E-state index is 1.27. The fraction of sp³-hybridized carbons (Fsp3) is 0. The second kappa shape index (κ2) is 5.21. The summed E-state index contributed by atoms with van der Waals surface area (Å²) in [6, 6.07) is 35.0. The van der Waals surface area contributed by atoms with Gasteiger partial charge in [-0.3, -0.25) is 0 Å². The fourth-order valence-corrected chi connectivity index (χ4v) is 3.65. The molecule has 0 saturated heterocycles. The molecule has 0 aliphatic carbocycles. The molecule has 0 heteroatoms. The maximum atomic E-state index is 2.29.